The number of para-hydroxylation sites is 1. The van der Waals surface area contributed by atoms with Crippen LogP contribution in [0.25, 0.3) is 6.08 Å². The summed E-state index contributed by atoms with van der Waals surface area (Å²) in [7, 11) is 0. The van der Waals surface area contributed by atoms with Crippen LogP contribution in [0, 0.1) is 0 Å². The highest BCUT2D eigenvalue weighted by Gasteiger charge is 2.27. The molecule has 0 saturated heterocycles. The number of allylic oxidation sites excluding steroid dienone is 1. The second-order valence-corrected chi connectivity index (χ2v) is 4.58. The maximum absolute atomic E-state index is 12.1. The molecule has 3 rings (SSSR count). The summed E-state index contributed by atoms with van der Waals surface area (Å²) < 4.78 is 5.47. The van der Waals surface area contributed by atoms with Crippen molar-refractivity contribution in [3.63, 3.8) is 0 Å². The molecule has 2 aromatic carbocycles. The van der Waals surface area contributed by atoms with Gasteiger partial charge < -0.3 is 9.84 Å². The lowest BCUT2D eigenvalue weighted by Gasteiger charge is -2.00. The molecule has 0 radical (unpaired) electrons. The van der Waals surface area contributed by atoms with Crippen LogP contribution in [0.2, 0.25) is 5.02 Å². The number of rotatable bonds is 1. The Bertz CT molecular complexity index is 704. The molecule has 0 saturated carbocycles. The number of carbonyl (C=O) groups excluding carboxylic acids is 1. The summed E-state index contributed by atoms with van der Waals surface area (Å²) in [5, 5.41) is 10.2. The first-order chi connectivity index (χ1) is 9.15. The Morgan fingerprint density at radius 1 is 1.16 bits per heavy atom. The van der Waals surface area contributed by atoms with Gasteiger partial charge in [-0.3, -0.25) is 4.79 Å². The molecule has 0 fully saturated rings. The first-order valence-electron chi connectivity index (χ1n) is 5.67. The van der Waals surface area contributed by atoms with E-state index in [0.29, 0.717) is 21.9 Å². The van der Waals surface area contributed by atoms with Gasteiger partial charge in [0.15, 0.2) is 5.76 Å². The van der Waals surface area contributed by atoms with Crippen LogP contribution in [0.5, 0.6) is 11.5 Å². The van der Waals surface area contributed by atoms with Gasteiger partial charge in [-0.2, -0.15) is 0 Å². The standard InChI is InChI=1S/C15H9ClO3/c16-10-5-6-13-11(8-10)15(18)14(19-13)7-9-3-1-2-4-12(9)17/h1-8,17H/b14-7+. The molecule has 2 aromatic rings. The number of phenols is 1. The third kappa shape index (κ3) is 2.09. The summed E-state index contributed by atoms with van der Waals surface area (Å²) >= 11 is 5.85. The quantitative estimate of drug-likeness (QED) is 0.806. The van der Waals surface area contributed by atoms with Crippen LogP contribution in [0.4, 0.5) is 0 Å². The number of fused-ring (bicyclic) bond motifs is 1. The van der Waals surface area contributed by atoms with Crippen LogP contribution < -0.4 is 4.74 Å². The first kappa shape index (κ1) is 11.8. The van der Waals surface area contributed by atoms with Crippen molar-refractivity contribution in [2.45, 2.75) is 0 Å². The van der Waals surface area contributed by atoms with Crippen molar-refractivity contribution < 1.29 is 14.6 Å². The normalized spacial score (nSPS) is 15.4. The fourth-order valence-electron chi connectivity index (χ4n) is 1.91. The van der Waals surface area contributed by atoms with E-state index in [0.717, 1.165) is 0 Å². The Morgan fingerprint density at radius 2 is 1.95 bits per heavy atom. The highest BCUT2D eigenvalue weighted by Crippen LogP contribution is 2.34. The average molecular weight is 273 g/mol. The minimum absolute atomic E-state index is 0.0976. The lowest BCUT2D eigenvalue weighted by Crippen LogP contribution is -1.98. The van der Waals surface area contributed by atoms with Crippen molar-refractivity contribution in [1.29, 1.82) is 0 Å². The maximum atomic E-state index is 12.1. The van der Waals surface area contributed by atoms with Crippen LogP contribution in [-0.4, -0.2) is 10.9 Å². The van der Waals surface area contributed by atoms with Crippen molar-refractivity contribution in [2.75, 3.05) is 0 Å². The third-order valence-electron chi connectivity index (χ3n) is 2.85. The van der Waals surface area contributed by atoms with E-state index in [4.69, 9.17) is 16.3 Å². The molecule has 0 bridgehead atoms. The van der Waals surface area contributed by atoms with E-state index in [-0.39, 0.29) is 17.3 Å². The number of benzene rings is 2. The molecular formula is C15H9ClO3. The fraction of sp³-hybridized carbons (Fsp3) is 0. The summed E-state index contributed by atoms with van der Waals surface area (Å²) in [4.78, 5) is 12.1. The summed E-state index contributed by atoms with van der Waals surface area (Å²) in [6.45, 7) is 0. The Kier molecular flexibility index (Phi) is 2.76. The Morgan fingerprint density at radius 3 is 2.74 bits per heavy atom. The summed E-state index contributed by atoms with van der Waals surface area (Å²) in [6.07, 6.45) is 1.52. The molecule has 94 valence electrons. The predicted octanol–water partition coefficient (Wildman–Crippen LogP) is 3.66. The number of halogens is 1. The molecule has 0 amide bonds. The van der Waals surface area contributed by atoms with Gasteiger partial charge >= 0.3 is 0 Å². The van der Waals surface area contributed by atoms with Gasteiger partial charge in [0, 0.05) is 10.6 Å². The number of hydrogen-bond donors (Lipinski definition) is 1. The lowest BCUT2D eigenvalue weighted by atomic mass is 10.1. The van der Waals surface area contributed by atoms with Crippen LogP contribution in [0.15, 0.2) is 48.2 Å². The van der Waals surface area contributed by atoms with Gasteiger partial charge in [0.2, 0.25) is 5.78 Å². The molecular weight excluding hydrogens is 264 g/mol. The van der Waals surface area contributed by atoms with Crippen molar-refractivity contribution >= 4 is 23.5 Å². The van der Waals surface area contributed by atoms with Crippen LogP contribution in [-0.2, 0) is 0 Å². The maximum Gasteiger partial charge on any atom is 0.232 e. The van der Waals surface area contributed by atoms with E-state index in [2.05, 4.69) is 0 Å². The fourth-order valence-corrected chi connectivity index (χ4v) is 2.08. The molecule has 0 spiro atoms. The van der Waals surface area contributed by atoms with E-state index in [9.17, 15) is 9.90 Å². The number of hydrogen-bond acceptors (Lipinski definition) is 3. The van der Waals surface area contributed by atoms with Crippen molar-refractivity contribution in [3.05, 3.63) is 64.4 Å². The zero-order valence-electron chi connectivity index (χ0n) is 9.76. The van der Waals surface area contributed by atoms with Crippen molar-refractivity contribution in [2.24, 2.45) is 0 Å². The number of phenolic OH excluding ortho intramolecular Hbond substituents is 1. The Balaban J connectivity index is 2.03. The molecule has 0 unspecified atom stereocenters. The third-order valence-corrected chi connectivity index (χ3v) is 3.09. The monoisotopic (exact) mass is 272 g/mol. The van der Waals surface area contributed by atoms with Crippen molar-refractivity contribution in [1.82, 2.24) is 0 Å². The van der Waals surface area contributed by atoms with E-state index in [1.165, 1.54) is 6.08 Å². The van der Waals surface area contributed by atoms with Crippen molar-refractivity contribution in [3.8, 4) is 11.5 Å². The SMILES string of the molecule is O=C1/C(=C\c2ccccc2O)Oc2ccc(Cl)cc21. The molecule has 3 nitrogen and oxygen atoms in total. The van der Waals surface area contributed by atoms with E-state index < -0.39 is 0 Å². The molecule has 1 aliphatic rings. The highest BCUT2D eigenvalue weighted by atomic mass is 35.5. The topological polar surface area (TPSA) is 46.5 Å². The first-order valence-corrected chi connectivity index (χ1v) is 6.05. The Labute approximate surface area is 114 Å². The van der Waals surface area contributed by atoms with Gasteiger partial charge in [0.05, 0.1) is 5.56 Å². The van der Waals surface area contributed by atoms with Crippen LogP contribution in [0.1, 0.15) is 15.9 Å². The number of ketones is 1. The molecule has 0 aromatic heterocycles. The molecule has 0 aliphatic carbocycles. The molecule has 1 aliphatic heterocycles. The average Bonchev–Trinajstić information content (AvgIpc) is 2.70. The molecule has 19 heavy (non-hydrogen) atoms. The zero-order valence-corrected chi connectivity index (χ0v) is 10.5. The van der Waals surface area contributed by atoms with Gasteiger partial charge in [-0.1, -0.05) is 29.8 Å². The largest absolute Gasteiger partial charge is 0.507 e. The summed E-state index contributed by atoms with van der Waals surface area (Å²) in [5.74, 6) is 0.524. The van der Waals surface area contributed by atoms with Gasteiger partial charge in [0.1, 0.15) is 11.5 Å². The zero-order chi connectivity index (χ0) is 13.4. The number of aromatic hydroxyl groups is 1. The molecule has 0 atom stereocenters. The van der Waals surface area contributed by atoms with E-state index in [1.54, 1.807) is 42.5 Å². The van der Waals surface area contributed by atoms with Gasteiger partial charge in [0.25, 0.3) is 0 Å². The molecule has 1 heterocycles. The number of carbonyl (C=O) groups is 1. The number of ether oxygens (including phenoxy) is 1. The minimum Gasteiger partial charge on any atom is -0.507 e. The highest BCUT2D eigenvalue weighted by molar-refractivity contribution is 6.31. The van der Waals surface area contributed by atoms with Crippen LogP contribution >= 0.6 is 11.6 Å². The minimum atomic E-state index is -0.235. The van der Waals surface area contributed by atoms with E-state index >= 15 is 0 Å². The summed E-state index contributed by atoms with van der Waals surface area (Å²) in [5.41, 5.74) is 0.971. The van der Waals surface area contributed by atoms with E-state index in [1.807, 2.05) is 0 Å². The lowest BCUT2D eigenvalue weighted by molar-refractivity contribution is 0.101. The summed E-state index contributed by atoms with van der Waals surface area (Å²) in [6, 6.07) is 11.6. The Hall–Kier alpha value is -2.26. The van der Waals surface area contributed by atoms with Gasteiger partial charge in [-0.05, 0) is 30.3 Å². The molecule has 4 heteroatoms. The predicted molar refractivity (Wildman–Crippen MR) is 72.5 cm³/mol. The van der Waals surface area contributed by atoms with Crippen LogP contribution in [0.3, 0.4) is 0 Å². The second-order valence-electron chi connectivity index (χ2n) is 4.14. The smallest absolute Gasteiger partial charge is 0.232 e. The van der Waals surface area contributed by atoms with Gasteiger partial charge in [-0.25, -0.2) is 0 Å². The van der Waals surface area contributed by atoms with Gasteiger partial charge in [-0.15, -0.1) is 0 Å². The second kappa shape index (κ2) is 4.44. The number of Topliss-reactive ketones (excluding diaryl/α,β-unsaturated/α-hetero) is 1. The molecule has 1 N–H and O–H groups in total.